The van der Waals surface area contributed by atoms with E-state index in [0.717, 1.165) is 0 Å². The fraction of sp³-hybridized carbons (Fsp3) is 0.467. The average molecular weight is 279 g/mol. The van der Waals surface area contributed by atoms with Crippen LogP contribution in [0.4, 0.5) is 0 Å². The molecule has 0 aliphatic rings. The molecule has 0 unspecified atom stereocenters. The number of carbonyl (C=O) groups excluding carboxylic acids is 1. The minimum Gasteiger partial charge on any atom is -0.478 e. The molecule has 1 amide bonds. The highest BCUT2D eigenvalue weighted by molar-refractivity contribution is 5.89. The van der Waals surface area contributed by atoms with Crippen molar-refractivity contribution in [3.63, 3.8) is 0 Å². The predicted octanol–water partition coefficient (Wildman–Crippen LogP) is 1.86. The monoisotopic (exact) mass is 279 g/mol. The second-order valence-electron chi connectivity index (χ2n) is 4.73. The minimum atomic E-state index is -0.966. The maximum atomic E-state index is 11.6. The second-order valence-corrected chi connectivity index (χ2v) is 4.73. The molecule has 0 atom stereocenters. The maximum Gasteiger partial charge on any atom is 0.335 e. The van der Waals surface area contributed by atoms with Gasteiger partial charge in [0, 0.05) is 13.0 Å². The number of amides is 1. The van der Waals surface area contributed by atoms with E-state index in [1.807, 2.05) is 13.8 Å². The number of carboxylic acids is 1. The van der Waals surface area contributed by atoms with Gasteiger partial charge in [-0.25, -0.2) is 4.79 Å². The third-order valence-corrected chi connectivity index (χ3v) is 2.74. The van der Waals surface area contributed by atoms with Crippen LogP contribution in [-0.4, -0.2) is 36.2 Å². The lowest BCUT2D eigenvalue weighted by atomic mass is 10.0. The lowest BCUT2D eigenvalue weighted by molar-refractivity contribution is -0.121. The normalized spacial score (nSPS) is 10.6. The molecular formula is C15H21NO4. The predicted molar refractivity (Wildman–Crippen MR) is 75.8 cm³/mol. The highest BCUT2D eigenvalue weighted by Gasteiger charge is 2.10. The summed E-state index contributed by atoms with van der Waals surface area (Å²) in [6.45, 7) is 4.82. The van der Waals surface area contributed by atoms with Crippen molar-refractivity contribution in [1.82, 2.24) is 5.32 Å². The van der Waals surface area contributed by atoms with Crippen molar-refractivity contribution in [2.45, 2.75) is 32.8 Å². The molecule has 0 saturated carbocycles. The van der Waals surface area contributed by atoms with Crippen molar-refractivity contribution in [2.75, 3.05) is 13.2 Å². The van der Waals surface area contributed by atoms with Crippen LogP contribution in [-0.2, 0) is 16.0 Å². The molecule has 5 nitrogen and oxygen atoms in total. The van der Waals surface area contributed by atoms with Gasteiger partial charge in [-0.1, -0.05) is 18.2 Å². The number of ether oxygens (including phenoxy) is 1. The van der Waals surface area contributed by atoms with Crippen molar-refractivity contribution < 1.29 is 19.4 Å². The Morgan fingerprint density at radius 3 is 2.65 bits per heavy atom. The standard InChI is InChI=1S/C15H21NO4/c1-11(2)20-10-9-16-14(17)8-7-12-5-3-4-6-13(12)15(18)19/h3-6,11H,7-10H2,1-2H3,(H,16,17)(H,18,19). The molecular weight excluding hydrogens is 258 g/mol. The molecule has 0 saturated heterocycles. The number of carboxylic acid groups (broad SMARTS) is 1. The number of aromatic carboxylic acids is 1. The Bertz CT molecular complexity index is 457. The Hall–Kier alpha value is -1.88. The van der Waals surface area contributed by atoms with Gasteiger partial charge in [0.25, 0.3) is 0 Å². The summed E-state index contributed by atoms with van der Waals surface area (Å²) < 4.78 is 5.31. The van der Waals surface area contributed by atoms with Crippen LogP contribution in [0.15, 0.2) is 24.3 Å². The number of nitrogens with one attached hydrogen (secondary N) is 1. The van der Waals surface area contributed by atoms with E-state index >= 15 is 0 Å². The smallest absolute Gasteiger partial charge is 0.335 e. The van der Waals surface area contributed by atoms with E-state index in [2.05, 4.69) is 5.32 Å². The van der Waals surface area contributed by atoms with Gasteiger partial charge >= 0.3 is 5.97 Å². The summed E-state index contributed by atoms with van der Waals surface area (Å²) in [5, 5.41) is 11.8. The summed E-state index contributed by atoms with van der Waals surface area (Å²) in [7, 11) is 0. The molecule has 110 valence electrons. The number of rotatable bonds is 8. The number of hydrogen-bond donors (Lipinski definition) is 2. The first-order chi connectivity index (χ1) is 9.50. The summed E-state index contributed by atoms with van der Waals surface area (Å²) in [4.78, 5) is 22.7. The number of hydrogen-bond acceptors (Lipinski definition) is 3. The summed E-state index contributed by atoms with van der Waals surface area (Å²) in [5.41, 5.74) is 0.928. The van der Waals surface area contributed by atoms with E-state index in [-0.39, 0.29) is 24.0 Å². The molecule has 0 aromatic heterocycles. The van der Waals surface area contributed by atoms with Gasteiger partial charge in [0.2, 0.25) is 5.91 Å². The third kappa shape index (κ3) is 5.84. The lowest BCUT2D eigenvalue weighted by Gasteiger charge is -2.09. The molecule has 0 spiro atoms. The molecule has 0 aliphatic heterocycles. The molecule has 1 aromatic rings. The molecule has 1 aromatic carbocycles. The second kappa shape index (κ2) is 8.32. The summed E-state index contributed by atoms with van der Waals surface area (Å²) in [6, 6.07) is 6.73. The average Bonchev–Trinajstić information content (AvgIpc) is 2.41. The summed E-state index contributed by atoms with van der Waals surface area (Å²) >= 11 is 0. The van der Waals surface area contributed by atoms with Gasteiger partial charge in [-0.2, -0.15) is 0 Å². The largest absolute Gasteiger partial charge is 0.478 e. The van der Waals surface area contributed by atoms with Gasteiger partial charge in [-0.15, -0.1) is 0 Å². The van der Waals surface area contributed by atoms with Gasteiger partial charge in [0.1, 0.15) is 0 Å². The Morgan fingerprint density at radius 2 is 2.00 bits per heavy atom. The molecule has 5 heteroatoms. The molecule has 2 N–H and O–H groups in total. The molecule has 0 fully saturated rings. The SMILES string of the molecule is CC(C)OCCNC(=O)CCc1ccccc1C(=O)O. The molecule has 0 aliphatic carbocycles. The van der Waals surface area contributed by atoms with Gasteiger partial charge < -0.3 is 15.2 Å². The van der Waals surface area contributed by atoms with Crippen LogP contribution in [0, 0.1) is 0 Å². The van der Waals surface area contributed by atoms with E-state index in [1.54, 1.807) is 24.3 Å². The van der Waals surface area contributed by atoms with Gasteiger partial charge in [-0.3, -0.25) is 4.79 Å². The Morgan fingerprint density at radius 1 is 1.30 bits per heavy atom. The van der Waals surface area contributed by atoms with Crippen LogP contribution in [0.5, 0.6) is 0 Å². The van der Waals surface area contributed by atoms with Crippen molar-refractivity contribution in [1.29, 1.82) is 0 Å². The van der Waals surface area contributed by atoms with Crippen molar-refractivity contribution in [3.05, 3.63) is 35.4 Å². The number of aryl methyl sites for hydroxylation is 1. The highest BCUT2D eigenvalue weighted by Crippen LogP contribution is 2.11. The topological polar surface area (TPSA) is 75.6 Å². The van der Waals surface area contributed by atoms with Gasteiger partial charge in [0.05, 0.1) is 18.3 Å². The van der Waals surface area contributed by atoms with Gasteiger partial charge in [0.15, 0.2) is 0 Å². The lowest BCUT2D eigenvalue weighted by Crippen LogP contribution is -2.28. The number of benzene rings is 1. The molecule has 0 radical (unpaired) electrons. The van der Waals surface area contributed by atoms with Crippen molar-refractivity contribution >= 4 is 11.9 Å². The Labute approximate surface area is 118 Å². The summed E-state index contributed by atoms with van der Waals surface area (Å²) in [5.74, 6) is -1.07. The fourth-order valence-electron chi connectivity index (χ4n) is 1.77. The zero-order valence-electron chi connectivity index (χ0n) is 11.9. The van der Waals surface area contributed by atoms with E-state index in [4.69, 9.17) is 9.84 Å². The van der Waals surface area contributed by atoms with Crippen molar-refractivity contribution in [3.8, 4) is 0 Å². The van der Waals surface area contributed by atoms with Crippen LogP contribution in [0.25, 0.3) is 0 Å². The van der Waals surface area contributed by atoms with Crippen LogP contribution in [0.1, 0.15) is 36.2 Å². The molecule has 20 heavy (non-hydrogen) atoms. The minimum absolute atomic E-state index is 0.0995. The zero-order chi connectivity index (χ0) is 15.0. The highest BCUT2D eigenvalue weighted by atomic mass is 16.5. The van der Waals surface area contributed by atoms with E-state index in [0.29, 0.717) is 25.1 Å². The first-order valence-corrected chi connectivity index (χ1v) is 6.70. The maximum absolute atomic E-state index is 11.6. The molecule has 0 bridgehead atoms. The molecule has 0 heterocycles. The van der Waals surface area contributed by atoms with Crippen LogP contribution in [0.2, 0.25) is 0 Å². The van der Waals surface area contributed by atoms with Crippen LogP contribution in [0.3, 0.4) is 0 Å². The third-order valence-electron chi connectivity index (χ3n) is 2.74. The van der Waals surface area contributed by atoms with Gasteiger partial charge in [-0.05, 0) is 31.9 Å². The quantitative estimate of drug-likeness (QED) is 0.712. The van der Waals surface area contributed by atoms with E-state index < -0.39 is 5.97 Å². The van der Waals surface area contributed by atoms with E-state index in [9.17, 15) is 9.59 Å². The first-order valence-electron chi connectivity index (χ1n) is 6.70. The zero-order valence-corrected chi connectivity index (χ0v) is 11.9. The fourth-order valence-corrected chi connectivity index (χ4v) is 1.77. The number of carbonyl (C=O) groups is 2. The summed E-state index contributed by atoms with van der Waals surface area (Å²) in [6.07, 6.45) is 0.833. The van der Waals surface area contributed by atoms with Crippen LogP contribution >= 0.6 is 0 Å². The van der Waals surface area contributed by atoms with Crippen molar-refractivity contribution in [2.24, 2.45) is 0 Å². The first kappa shape index (κ1) is 16.2. The van der Waals surface area contributed by atoms with E-state index in [1.165, 1.54) is 0 Å². The van der Waals surface area contributed by atoms with Crippen LogP contribution < -0.4 is 5.32 Å². The Balaban J connectivity index is 2.36. The Kier molecular flexibility index (Phi) is 6.73. The molecule has 1 rings (SSSR count).